The lowest BCUT2D eigenvalue weighted by Crippen LogP contribution is -2.55. The molecule has 118 valence electrons. The highest BCUT2D eigenvalue weighted by molar-refractivity contribution is 5.67. The van der Waals surface area contributed by atoms with E-state index in [0.29, 0.717) is 23.9 Å². The van der Waals surface area contributed by atoms with Crippen molar-refractivity contribution in [3.8, 4) is 0 Å². The molecule has 1 aliphatic rings. The van der Waals surface area contributed by atoms with E-state index in [2.05, 4.69) is 33.0 Å². The molecule has 1 rings (SSSR count). The fraction of sp³-hybridized carbons (Fsp3) is 0.867. The number of piperidine rings is 1. The zero-order chi connectivity index (χ0) is 15.8. The Bertz CT molecular complexity index is 294. The average Bonchev–Trinajstić information content (AvgIpc) is 2.21. The van der Waals surface area contributed by atoms with Gasteiger partial charge in [0.15, 0.2) is 0 Å². The number of unbranched alkanes of at least 4 members (excludes halogenated alkanes) is 1. The molecule has 0 spiro atoms. The molecule has 0 aromatic heterocycles. The van der Waals surface area contributed by atoms with Crippen molar-refractivity contribution in [3.05, 3.63) is 0 Å². The van der Waals surface area contributed by atoms with Gasteiger partial charge in [0.2, 0.25) is 0 Å². The Morgan fingerprint density at radius 1 is 0.900 bits per heavy atom. The molecule has 20 heavy (non-hydrogen) atoms. The third-order valence-electron chi connectivity index (χ3n) is 3.31. The van der Waals surface area contributed by atoms with E-state index in [1.54, 1.807) is 0 Å². The van der Waals surface area contributed by atoms with Crippen LogP contribution in [0.1, 0.15) is 72.6 Å². The molecule has 0 aliphatic carbocycles. The molecule has 0 unspecified atom stereocenters. The Labute approximate surface area is 121 Å². The molecular formula is C15H29NO4. The quantitative estimate of drug-likeness (QED) is 0.677. The minimum atomic E-state index is -0.870. The number of aliphatic carboxylic acids is 2. The summed E-state index contributed by atoms with van der Waals surface area (Å²) in [5.41, 5.74) is 0.726. The first-order chi connectivity index (χ1) is 9.04. The minimum Gasteiger partial charge on any atom is -0.481 e. The summed E-state index contributed by atoms with van der Waals surface area (Å²) in [5, 5.41) is 19.9. The molecule has 0 bridgehead atoms. The smallest absolute Gasteiger partial charge is 0.303 e. The van der Waals surface area contributed by atoms with Crippen molar-refractivity contribution < 1.29 is 19.8 Å². The molecule has 5 nitrogen and oxygen atoms in total. The van der Waals surface area contributed by atoms with Crippen molar-refractivity contribution in [1.82, 2.24) is 5.32 Å². The van der Waals surface area contributed by atoms with Gasteiger partial charge in [-0.3, -0.25) is 9.59 Å². The molecule has 0 atom stereocenters. The predicted octanol–water partition coefficient (Wildman–Crippen LogP) is 3.03. The standard InChI is InChI=1S/C9H19N.C6H10O4/c1-8(2)6-5-7-9(3,4)10-8;7-5(8)3-1-2-4-6(9)10/h10H,5-7H2,1-4H3;1-4H2,(H,7,8)(H,9,10). The second kappa shape index (κ2) is 8.25. The number of hydrogen-bond acceptors (Lipinski definition) is 3. The van der Waals surface area contributed by atoms with Crippen LogP contribution < -0.4 is 5.32 Å². The largest absolute Gasteiger partial charge is 0.481 e. The van der Waals surface area contributed by atoms with Gasteiger partial charge in [-0.2, -0.15) is 0 Å². The van der Waals surface area contributed by atoms with Crippen LogP contribution in [-0.2, 0) is 9.59 Å². The van der Waals surface area contributed by atoms with Gasteiger partial charge in [0, 0.05) is 23.9 Å². The molecule has 0 aromatic rings. The highest BCUT2D eigenvalue weighted by Gasteiger charge is 2.31. The van der Waals surface area contributed by atoms with Crippen LogP contribution >= 0.6 is 0 Å². The van der Waals surface area contributed by atoms with Crippen LogP contribution in [0.25, 0.3) is 0 Å². The maximum atomic E-state index is 9.90. The van der Waals surface area contributed by atoms with Gasteiger partial charge in [0.25, 0.3) is 0 Å². The van der Waals surface area contributed by atoms with E-state index in [0.717, 1.165) is 0 Å². The normalized spacial score (nSPS) is 19.6. The molecule has 0 radical (unpaired) electrons. The Balaban J connectivity index is 0.000000361. The van der Waals surface area contributed by atoms with Gasteiger partial charge in [-0.15, -0.1) is 0 Å². The van der Waals surface area contributed by atoms with Crippen LogP contribution in [0.4, 0.5) is 0 Å². The van der Waals surface area contributed by atoms with Crippen molar-refractivity contribution >= 4 is 11.9 Å². The topological polar surface area (TPSA) is 86.6 Å². The van der Waals surface area contributed by atoms with Crippen molar-refractivity contribution in [2.24, 2.45) is 0 Å². The summed E-state index contributed by atoms with van der Waals surface area (Å²) in [6.07, 6.45) is 5.02. The number of hydrogen-bond donors (Lipinski definition) is 3. The zero-order valence-corrected chi connectivity index (χ0v) is 13.2. The van der Waals surface area contributed by atoms with Crippen LogP contribution in [0.3, 0.4) is 0 Å². The first-order valence-corrected chi connectivity index (χ1v) is 7.27. The predicted molar refractivity (Wildman–Crippen MR) is 78.9 cm³/mol. The monoisotopic (exact) mass is 287 g/mol. The van der Waals surface area contributed by atoms with E-state index < -0.39 is 11.9 Å². The highest BCUT2D eigenvalue weighted by atomic mass is 16.4. The summed E-state index contributed by atoms with van der Waals surface area (Å²) in [7, 11) is 0. The van der Waals surface area contributed by atoms with Gasteiger partial charge in [-0.25, -0.2) is 0 Å². The zero-order valence-electron chi connectivity index (χ0n) is 13.2. The lowest BCUT2D eigenvalue weighted by molar-refractivity contribution is -0.139. The first-order valence-electron chi connectivity index (χ1n) is 7.27. The summed E-state index contributed by atoms with van der Waals surface area (Å²) in [5.74, 6) is -1.74. The number of nitrogens with one attached hydrogen (secondary N) is 1. The first kappa shape index (κ1) is 18.9. The van der Waals surface area contributed by atoms with Gasteiger partial charge < -0.3 is 15.5 Å². The second-order valence-electron chi connectivity index (χ2n) is 6.74. The van der Waals surface area contributed by atoms with E-state index >= 15 is 0 Å². The van der Waals surface area contributed by atoms with Crippen LogP contribution in [0.15, 0.2) is 0 Å². The van der Waals surface area contributed by atoms with E-state index in [4.69, 9.17) is 10.2 Å². The van der Waals surface area contributed by atoms with Gasteiger partial charge in [-0.05, 0) is 59.8 Å². The van der Waals surface area contributed by atoms with Crippen LogP contribution in [0.2, 0.25) is 0 Å². The SMILES string of the molecule is CC1(C)CCCC(C)(C)N1.O=C(O)CCCCC(=O)O. The Hall–Kier alpha value is -1.10. The minimum absolute atomic E-state index is 0.0628. The number of carboxylic acid groups (broad SMARTS) is 2. The van der Waals surface area contributed by atoms with Crippen molar-refractivity contribution in [1.29, 1.82) is 0 Å². The fourth-order valence-electron chi connectivity index (χ4n) is 2.57. The summed E-state index contributed by atoms with van der Waals surface area (Å²) in [6, 6.07) is 0. The summed E-state index contributed by atoms with van der Waals surface area (Å²) >= 11 is 0. The lowest BCUT2D eigenvalue weighted by atomic mass is 9.83. The lowest BCUT2D eigenvalue weighted by Gasteiger charge is -2.42. The number of rotatable bonds is 5. The van der Waals surface area contributed by atoms with Crippen LogP contribution in [0.5, 0.6) is 0 Å². The van der Waals surface area contributed by atoms with Crippen molar-refractivity contribution in [3.63, 3.8) is 0 Å². The third-order valence-corrected chi connectivity index (χ3v) is 3.31. The van der Waals surface area contributed by atoms with Gasteiger partial charge in [-0.1, -0.05) is 0 Å². The summed E-state index contributed by atoms with van der Waals surface area (Å²) in [6.45, 7) is 9.14. The average molecular weight is 287 g/mol. The molecule has 3 N–H and O–H groups in total. The van der Waals surface area contributed by atoms with Crippen molar-refractivity contribution in [2.45, 2.75) is 83.7 Å². The molecule has 0 saturated carbocycles. The third kappa shape index (κ3) is 10.8. The Morgan fingerprint density at radius 2 is 1.25 bits per heavy atom. The van der Waals surface area contributed by atoms with Gasteiger partial charge >= 0.3 is 11.9 Å². The molecule has 1 heterocycles. The fourth-order valence-corrected chi connectivity index (χ4v) is 2.57. The van der Waals surface area contributed by atoms with Crippen LogP contribution in [0, 0.1) is 0 Å². The summed E-state index contributed by atoms with van der Waals surface area (Å²) < 4.78 is 0. The number of carbonyl (C=O) groups is 2. The van der Waals surface area contributed by atoms with Crippen molar-refractivity contribution in [2.75, 3.05) is 0 Å². The second-order valence-corrected chi connectivity index (χ2v) is 6.74. The van der Waals surface area contributed by atoms with E-state index in [1.165, 1.54) is 19.3 Å². The van der Waals surface area contributed by atoms with E-state index in [1.807, 2.05) is 0 Å². The molecule has 1 aliphatic heterocycles. The molecule has 0 aromatic carbocycles. The molecule has 0 amide bonds. The Morgan fingerprint density at radius 3 is 1.45 bits per heavy atom. The summed E-state index contributed by atoms with van der Waals surface area (Å²) in [4.78, 5) is 19.8. The van der Waals surface area contributed by atoms with Crippen LogP contribution in [-0.4, -0.2) is 33.2 Å². The molecular weight excluding hydrogens is 258 g/mol. The molecule has 1 fully saturated rings. The van der Waals surface area contributed by atoms with Gasteiger partial charge in [0.1, 0.15) is 0 Å². The highest BCUT2D eigenvalue weighted by Crippen LogP contribution is 2.27. The maximum absolute atomic E-state index is 9.90. The molecule has 5 heteroatoms. The van der Waals surface area contributed by atoms with E-state index in [9.17, 15) is 9.59 Å². The Kier molecular flexibility index (Phi) is 7.79. The van der Waals surface area contributed by atoms with Gasteiger partial charge in [0.05, 0.1) is 0 Å². The molecule has 1 saturated heterocycles. The van der Waals surface area contributed by atoms with E-state index in [-0.39, 0.29) is 12.8 Å². The maximum Gasteiger partial charge on any atom is 0.303 e. The number of carboxylic acids is 2.